The highest BCUT2D eigenvalue weighted by atomic mass is 16.7. The van der Waals surface area contributed by atoms with Crippen LogP contribution in [0.2, 0.25) is 0 Å². The van der Waals surface area contributed by atoms with E-state index in [1.807, 2.05) is 31.2 Å². The number of methoxy groups -OCH3 is 1. The first-order valence-electron chi connectivity index (χ1n) is 6.94. The van der Waals surface area contributed by atoms with E-state index < -0.39 is 0 Å². The zero-order valence-corrected chi connectivity index (χ0v) is 12.5. The SMILES string of the molecule is COc1ccc(C(=O)C=Cc2ccc3c(c2)OCO3)cc1C. The fourth-order valence-corrected chi connectivity index (χ4v) is 2.32. The Morgan fingerprint density at radius 1 is 1.14 bits per heavy atom. The van der Waals surface area contributed by atoms with Gasteiger partial charge in [-0.25, -0.2) is 0 Å². The zero-order chi connectivity index (χ0) is 15.5. The highest BCUT2D eigenvalue weighted by molar-refractivity contribution is 6.07. The molecule has 112 valence electrons. The molecule has 2 aromatic rings. The summed E-state index contributed by atoms with van der Waals surface area (Å²) in [7, 11) is 1.61. The molecule has 1 aliphatic rings. The summed E-state index contributed by atoms with van der Waals surface area (Å²) in [6, 6.07) is 11.0. The Morgan fingerprint density at radius 3 is 2.73 bits per heavy atom. The molecule has 0 N–H and O–H groups in total. The Balaban J connectivity index is 1.77. The van der Waals surface area contributed by atoms with Crippen LogP contribution in [-0.2, 0) is 0 Å². The normalized spacial score (nSPS) is 12.6. The summed E-state index contributed by atoms with van der Waals surface area (Å²) in [5.41, 5.74) is 2.46. The summed E-state index contributed by atoms with van der Waals surface area (Å²) in [6.07, 6.45) is 3.32. The van der Waals surface area contributed by atoms with Crippen molar-refractivity contribution in [2.45, 2.75) is 6.92 Å². The minimum absolute atomic E-state index is 0.0524. The number of benzene rings is 2. The molecule has 0 saturated carbocycles. The lowest BCUT2D eigenvalue weighted by Gasteiger charge is -2.05. The predicted octanol–water partition coefficient (Wildman–Crippen LogP) is 3.63. The lowest BCUT2D eigenvalue weighted by molar-refractivity contribution is 0.104. The lowest BCUT2D eigenvalue weighted by atomic mass is 10.1. The van der Waals surface area contributed by atoms with Crippen LogP contribution in [0.25, 0.3) is 6.08 Å². The second kappa shape index (κ2) is 5.93. The molecule has 0 unspecified atom stereocenters. The molecule has 0 saturated heterocycles. The summed E-state index contributed by atoms with van der Waals surface area (Å²) in [5.74, 6) is 2.16. The van der Waals surface area contributed by atoms with E-state index in [1.165, 1.54) is 0 Å². The van der Waals surface area contributed by atoms with Crippen molar-refractivity contribution in [2.24, 2.45) is 0 Å². The van der Waals surface area contributed by atoms with Crippen LogP contribution in [0.5, 0.6) is 17.2 Å². The molecular weight excluding hydrogens is 280 g/mol. The third-order valence-electron chi connectivity index (χ3n) is 3.50. The molecule has 1 aliphatic heterocycles. The fraction of sp³-hybridized carbons (Fsp3) is 0.167. The Morgan fingerprint density at radius 2 is 1.95 bits per heavy atom. The number of rotatable bonds is 4. The van der Waals surface area contributed by atoms with Crippen LogP contribution >= 0.6 is 0 Å². The summed E-state index contributed by atoms with van der Waals surface area (Å²) < 4.78 is 15.8. The zero-order valence-electron chi connectivity index (χ0n) is 12.5. The smallest absolute Gasteiger partial charge is 0.231 e. The van der Waals surface area contributed by atoms with Gasteiger partial charge in [-0.2, -0.15) is 0 Å². The molecule has 0 bridgehead atoms. The molecule has 0 aliphatic carbocycles. The number of aryl methyl sites for hydroxylation is 1. The van der Waals surface area contributed by atoms with E-state index in [9.17, 15) is 4.79 Å². The van der Waals surface area contributed by atoms with Gasteiger partial charge in [0.25, 0.3) is 0 Å². The van der Waals surface area contributed by atoms with Gasteiger partial charge < -0.3 is 14.2 Å². The van der Waals surface area contributed by atoms with Gasteiger partial charge in [-0.05, 0) is 54.5 Å². The molecule has 4 heteroatoms. The number of fused-ring (bicyclic) bond motifs is 1. The van der Waals surface area contributed by atoms with E-state index in [0.717, 1.165) is 22.6 Å². The average Bonchev–Trinajstić information content (AvgIpc) is 3.00. The number of carbonyl (C=O) groups is 1. The van der Waals surface area contributed by atoms with Crippen molar-refractivity contribution < 1.29 is 19.0 Å². The maximum Gasteiger partial charge on any atom is 0.231 e. The first-order valence-corrected chi connectivity index (χ1v) is 6.94. The van der Waals surface area contributed by atoms with Crippen LogP contribution in [0.4, 0.5) is 0 Å². The molecule has 4 nitrogen and oxygen atoms in total. The highest BCUT2D eigenvalue weighted by Gasteiger charge is 2.12. The van der Waals surface area contributed by atoms with Crippen molar-refractivity contribution >= 4 is 11.9 Å². The summed E-state index contributed by atoms with van der Waals surface area (Å²) in [5, 5.41) is 0. The number of allylic oxidation sites excluding steroid dienone is 1. The fourth-order valence-electron chi connectivity index (χ4n) is 2.32. The largest absolute Gasteiger partial charge is 0.496 e. The van der Waals surface area contributed by atoms with Gasteiger partial charge >= 0.3 is 0 Å². The van der Waals surface area contributed by atoms with Gasteiger partial charge in [-0.15, -0.1) is 0 Å². The van der Waals surface area contributed by atoms with E-state index in [4.69, 9.17) is 14.2 Å². The first kappa shape index (κ1) is 14.2. The van der Waals surface area contributed by atoms with E-state index in [2.05, 4.69) is 0 Å². The second-order valence-corrected chi connectivity index (χ2v) is 4.99. The van der Waals surface area contributed by atoms with E-state index in [-0.39, 0.29) is 12.6 Å². The third kappa shape index (κ3) is 2.81. The number of carbonyl (C=O) groups excluding carboxylic acids is 1. The van der Waals surface area contributed by atoms with E-state index >= 15 is 0 Å². The standard InChI is InChI=1S/C18H16O4/c1-12-9-14(5-8-16(12)20-2)15(19)6-3-13-4-7-17-18(10-13)22-11-21-17/h3-10H,11H2,1-2H3. The summed E-state index contributed by atoms with van der Waals surface area (Å²) >= 11 is 0. The summed E-state index contributed by atoms with van der Waals surface area (Å²) in [4.78, 5) is 12.2. The van der Waals surface area contributed by atoms with Crippen molar-refractivity contribution in [2.75, 3.05) is 13.9 Å². The number of hydrogen-bond donors (Lipinski definition) is 0. The molecular formula is C18H16O4. The number of ether oxygens (including phenoxy) is 3. The van der Waals surface area contributed by atoms with Crippen molar-refractivity contribution in [3.05, 3.63) is 59.2 Å². The van der Waals surface area contributed by atoms with Crippen molar-refractivity contribution in [3.8, 4) is 17.2 Å². The first-order chi connectivity index (χ1) is 10.7. The van der Waals surface area contributed by atoms with Gasteiger partial charge in [0, 0.05) is 5.56 Å². The minimum atomic E-state index is -0.0524. The molecule has 0 aromatic heterocycles. The third-order valence-corrected chi connectivity index (χ3v) is 3.50. The quantitative estimate of drug-likeness (QED) is 0.638. The molecule has 0 radical (unpaired) electrons. The number of hydrogen-bond acceptors (Lipinski definition) is 4. The Hall–Kier alpha value is -2.75. The van der Waals surface area contributed by atoms with Gasteiger partial charge in [0.1, 0.15) is 5.75 Å². The molecule has 1 heterocycles. The Bertz CT molecular complexity index is 747. The summed E-state index contributed by atoms with van der Waals surface area (Å²) in [6.45, 7) is 2.16. The van der Waals surface area contributed by atoms with Crippen LogP contribution in [0, 0.1) is 6.92 Å². The van der Waals surface area contributed by atoms with Crippen LogP contribution in [0.3, 0.4) is 0 Å². The Labute approximate surface area is 128 Å². The van der Waals surface area contributed by atoms with Crippen molar-refractivity contribution in [1.29, 1.82) is 0 Å². The van der Waals surface area contributed by atoms with Gasteiger partial charge in [0.05, 0.1) is 7.11 Å². The van der Waals surface area contributed by atoms with E-state index in [1.54, 1.807) is 31.4 Å². The average molecular weight is 296 g/mol. The van der Waals surface area contributed by atoms with Crippen LogP contribution in [-0.4, -0.2) is 19.7 Å². The Kier molecular flexibility index (Phi) is 3.83. The molecule has 0 fully saturated rings. The predicted molar refractivity (Wildman–Crippen MR) is 83.7 cm³/mol. The molecule has 3 rings (SSSR count). The van der Waals surface area contributed by atoms with Crippen LogP contribution in [0.1, 0.15) is 21.5 Å². The van der Waals surface area contributed by atoms with Gasteiger partial charge in [-0.1, -0.05) is 12.1 Å². The molecule has 2 aromatic carbocycles. The topological polar surface area (TPSA) is 44.8 Å². The van der Waals surface area contributed by atoms with E-state index in [0.29, 0.717) is 11.3 Å². The lowest BCUT2D eigenvalue weighted by Crippen LogP contribution is -1.96. The number of ketones is 1. The molecule has 0 amide bonds. The molecule has 0 atom stereocenters. The second-order valence-electron chi connectivity index (χ2n) is 4.99. The van der Waals surface area contributed by atoms with Crippen molar-refractivity contribution in [1.82, 2.24) is 0 Å². The van der Waals surface area contributed by atoms with Crippen LogP contribution < -0.4 is 14.2 Å². The molecule has 0 spiro atoms. The van der Waals surface area contributed by atoms with Gasteiger partial charge in [0.2, 0.25) is 6.79 Å². The van der Waals surface area contributed by atoms with Gasteiger partial charge in [0.15, 0.2) is 17.3 Å². The highest BCUT2D eigenvalue weighted by Crippen LogP contribution is 2.32. The van der Waals surface area contributed by atoms with Crippen molar-refractivity contribution in [3.63, 3.8) is 0 Å². The monoisotopic (exact) mass is 296 g/mol. The van der Waals surface area contributed by atoms with Gasteiger partial charge in [-0.3, -0.25) is 4.79 Å². The minimum Gasteiger partial charge on any atom is -0.496 e. The molecule has 22 heavy (non-hydrogen) atoms. The maximum atomic E-state index is 12.2. The van der Waals surface area contributed by atoms with Crippen LogP contribution in [0.15, 0.2) is 42.5 Å². The maximum absolute atomic E-state index is 12.2.